The molecule has 1 N–H and O–H groups in total. The Labute approximate surface area is 197 Å². The van der Waals surface area contributed by atoms with Gasteiger partial charge in [0.1, 0.15) is 17.4 Å². The van der Waals surface area contributed by atoms with E-state index in [0.717, 1.165) is 11.1 Å². The van der Waals surface area contributed by atoms with Crippen molar-refractivity contribution in [2.75, 3.05) is 11.9 Å². The standard InChI is InChI=1S/C22H19F4N5O2S/c1-11-16(5-4-13(17(11)23)18(32)28-2)31-20(34)30(19(33)21(31)6-3-7-21)12-8-14(22(24,25)26)15(9-27)29-10-12/h4-5,8,10-11,16H,3,6-7H2,1-2H3,(H,28,32). The quantitative estimate of drug-likeness (QED) is 0.513. The first-order valence-corrected chi connectivity index (χ1v) is 10.8. The average molecular weight is 493 g/mol. The number of hydrogen-bond donors (Lipinski definition) is 1. The molecule has 34 heavy (non-hydrogen) atoms. The topological polar surface area (TPSA) is 89.3 Å². The normalized spacial score (nSPS) is 23.9. The Bertz CT molecular complexity index is 1200. The number of aromatic nitrogens is 1. The summed E-state index contributed by atoms with van der Waals surface area (Å²) in [4.78, 5) is 31.6. The predicted molar refractivity (Wildman–Crippen MR) is 117 cm³/mol. The summed E-state index contributed by atoms with van der Waals surface area (Å²) in [5.74, 6) is -2.63. The van der Waals surface area contributed by atoms with Crippen molar-refractivity contribution in [1.82, 2.24) is 15.2 Å². The molecule has 1 aromatic rings. The van der Waals surface area contributed by atoms with Crippen LogP contribution in [0.4, 0.5) is 23.2 Å². The van der Waals surface area contributed by atoms with Crippen molar-refractivity contribution < 1.29 is 27.2 Å². The molecule has 2 fully saturated rings. The lowest BCUT2D eigenvalue weighted by molar-refractivity contribution is -0.138. The Hall–Kier alpha value is -3.33. The third-order valence-electron chi connectivity index (χ3n) is 6.58. The Balaban J connectivity index is 1.76. The van der Waals surface area contributed by atoms with Gasteiger partial charge in [0.25, 0.3) is 11.8 Å². The molecule has 7 nitrogen and oxygen atoms in total. The Morgan fingerprint density at radius 2 is 2.06 bits per heavy atom. The average Bonchev–Trinajstić information content (AvgIpc) is 3.00. The summed E-state index contributed by atoms with van der Waals surface area (Å²) in [6.07, 6.45) is 0.512. The van der Waals surface area contributed by atoms with Crippen LogP contribution in [-0.2, 0) is 15.8 Å². The minimum absolute atomic E-state index is 0.0815. The van der Waals surface area contributed by atoms with Crippen LogP contribution in [0.5, 0.6) is 0 Å². The summed E-state index contributed by atoms with van der Waals surface area (Å²) in [7, 11) is 1.38. The van der Waals surface area contributed by atoms with E-state index in [1.807, 2.05) is 0 Å². The lowest BCUT2D eigenvalue weighted by atomic mass is 9.73. The summed E-state index contributed by atoms with van der Waals surface area (Å²) in [6, 6.07) is 1.35. The lowest BCUT2D eigenvalue weighted by Gasteiger charge is -2.48. The zero-order valence-electron chi connectivity index (χ0n) is 18.1. The molecule has 0 radical (unpaired) electrons. The van der Waals surface area contributed by atoms with Gasteiger partial charge in [-0.05, 0) is 43.6 Å². The maximum Gasteiger partial charge on any atom is 0.419 e. The number of carbonyl (C=O) groups excluding carboxylic acids is 2. The van der Waals surface area contributed by atoms with Crippen molar-refractivity contribution in [1.29, 1.82) is 5.26 Å². The number of nitriles is 1. The molecule has 1 aromatic heterocycles. The summed E-state index contributed by atoms with van der Waals surface area (Å²) < 4.78 is 55.6. The smallest absolute Gasteiger partial charge is 0.355 e. The largest absolute Gasteiger partial charge is 0.419 e. The summed E-state index contributed by atoms with van der Waals surface area (Å²) in [5, 5.41) is 11.3. The summed E-state index contributed by atoms with van der Waals surface area (Å²) in [6.45, 7) is 1.56. The minimum Gasteiger partial charge on any atom is -0.355 e. The van der Waals surface area contributed by atoms with E-state index in [4.69, 9.17) is 17.5 Å². The minimum atomic E-state index is -4.86. The van der Waals surface area contributed by atoms with E-state index in [2.05, 4.69) is 10.3 Å². The first-order chi connectivity index (χ1) is 16.0. The van der Waals surface area contributed by atoms with E-state index in [0.29, 0.717) is 25.3 Å². The highest BCUT2D eigenvalue weighted by Crippen LogP contribution is 2.49. The zero-order chi connectivity index (χ0) is 25.0. The number of nitrogens with zero attached hydrogens (tertiary/aromatic N) is 4. The molecule has 0 bridgehead atoms. The molecule has 1 saturated heterocycles. The number of anilines is 1. The maximum absolute atomic E-state index is 15.1. The van der Waals surface area contributed by atoms with Crippen LogP contribution in [0.2, 0.25) is 0 Å². The predicted octanol–water partition coefficient (Wildman–Crippen LogP) is 3.37. The fraction of sp³-hybridized carbons (Fsp3) is 0.409. The molecule has 2 atom stereocenters. The van der Waals surface area contributed by atoms with E-state index >= 15 is 4.39 Å². The molecule has 1 spiro atoms. The van der Waals surface area contributed by atoms with Crippen molar-refractivity contribution in [2.24, 2.45) is 5.92 Å². The molecule has 0 aromatic carbocycles. The van der Waals surface area contributed by atoms with Gasteiger partial charge in [0.15, 0.2) is 10.8 Å². The third kappa shape index (κ3) is 3.37. The van der Waals surface area contributed by atoms with Gasteiger partial charge in [-0.25, -0.2) is 9.37 Å². The number of hydrogen-bond acceptors (Lipinski definition) is 5. The van der Waals surface area contributed by atoms with E-state index < -0.39 is 52.6 Å². The number of pyridine rings is 1. The number of thiocarbonyl (C=S) groups is 1. The fourth-order valence-corrected chi connectivity index (χ4v) is 5.13. The van der Waals surface area contributed by atoms with Gasteiger partial charge in [0.2, 0.25) is 0 Å². The molecule has 4 rings (SSSR count). The Morgan fingerprint density at radius 1 is 1.38 bits per heavy atom. The number of carbonyl (C=O) groups is 2. The van der Waals surface area contributed by atoms with Crippen molar-refractivity contribution >= 4 is 34.8 Å². The second kappa shape index (κ2) is 8.16. The van der Waals surface area contributed by atoms with Gasteiger partial charge in [-0.2, -0.15) is 18.4 Å². The molecule has 2 heterocycles. The fourth-order valence-electron chi connectivity index (χ4n) is 4.64. The molecular weight excluding hydrogens is 474 g/mol. The number of alkyl halides is 3. The van der Waals surface area contributed by atoms with Crippen molar-refractivity contribution in [3.05, 3.63) is 47.1 Å². The highest BCUT2D eigenvalue weighted by Gasteiger charge is 2.61. The van der Waals surface area contributed by atoms with Gasteiger partial charge in [0, 0.05) is 13.0 Å². The van der Waals surface area contributed by atoms with Gasteiger partial charge in [0.05, 0.1) is 29.1 Å². The summed E-state index contributed by atoms with van der Waals surface area (Å²) in [5.41, 5.74) is -3.57. The molecule has 3 aliphatic rings. The zero-order valence-corrected chi connectivity index (χ0v) is 18.9. The molecule has 2 aliphatic carbocycles. The van der Waals surface area contributed by atoms with Crippen LogP contribution in [0.25, 0.3) is 0 Å². The van der Waals surface area contributed by atoms with E-state index in [1.165, 1.54) is 19.2 Å². The highest BCUT2D eigenvalue weighted by atomic mass is 32.1. The van der Waals surface area contributed by atoms with E-state index in [-0.39, 0.29) is 16.4 Å². The van der Waals surface area contributed by atoms with E-state index in [9.17, 15) is 22.8 Å². The van der Waals surface area contributed by atoms with E-state index in [1.54, 1.807) is 17.9 Å². The number of nitrogens with one attached hydrogen (secondary N) is 1. The number of rotatable bonds is 3. The molecule has 1 saturated carbocycles. The molecule has 2 amide bonds. The van der Waals surface area contributed by atoms with Crippen LogP contribution >= 0.6 is 12.2 Å². The van der Waals surface area contributed by atoms with Gasteiger partial charge >= 0.3 is 6.18 Å². The second-order valence-corrected chi connectivity index (χ2v) is 8.72. The van der Waals surface area contributed by atoms with Gasteiger partial charge in [-0.3, -0.25) is 14.5 Å². The van der Waals surface area contributed by atoms with Crippen molar-refractivity contribution in [3.63, 3.8) is 0 Å². The first kappa shape index (κ1) is 23.8. The maximum atomic E-state index is 15.1. The molecule has 1 aliphatic heterocycles. The Kier molecular flexibility index (Phi) is 5.72. The van der Waals surface area contributed by atoms with Crippen LogP contribution in [-0.4, -0.2) is 45.4 Å². The van der Waals surface area contributed by atoms with Crippen LogP contribution in [0.15, 0.2) is 35.8 Å². The monoisotopic (exact) mass is 493 g/mol. The van der Waals surface area contributed by atoms with Gasteiger partial charge in [-0.1, -0.05) is 13.0 Å². The molecular formula is C22H19F4N5O2S. The number of likely N-dealkylation sites (N-methyl/N-ethyl adjacent to an activating group) is 1. The van der Waals surface area contributed by atoms with Crippen LogP contribution in [0.1, 0.15) is 37.4 Å². The highest BCUT2D eigenvalue weighted by molar-refractivity contribution is 7.80. The number of halogens is 4. The SMILES string of the molecule is CNC(=O)C1=C(F)C(C)C(N2C(=S)N(c3cnc(C#N)c(C(F)(F)F)c3)C(=O)C23CCC3)C=C1. The third-order valence-corrected chi connectivity index (χ3v) is 6.96. The van der Waals surface area contributed by atoms with Gasteiger partial charge in [-0.15, -0.1) is 0 Å². The van der Waals surface area contributed by atoms with Crippen LogP contribution in [0.3, 0.4) is 0 Å². The summed E-state index contributed by atoms with van der Waals surface area (Å²) >= 11 is 5.55. The Morgan fingerprint density at radius 3 is 2.59 bits per heavy atom. The van der Waals surface area contributed by atoms with Crippen LogP contribution < -0.4 is 10.2 Å². The lowest BCUT2D eigenvalue weighted by Crippen LogP contribution is -2.59. The molecule has 12 heteroatoms. The van der Waals surface area contributed by atoms with Crippen molar-refractivity contribution in [2.45, 2.75) is 43.9 Å². The van der Waals surface area contributed by atoms with Gasteiger partial charge < -0.3 is 10.2 Å². The second-order valence-electron chi connectivity index (χ2n) is 8.36. The first-order valence-electron chi connectivity index (χ1n) is 10.4. The molecule has 178 valence electrons. The number of amides is 2. The molecule has 2 unspecified atom stereocenters. The van der Waals surface area contributed by atoms with Crippen molar-refractivity contribution in [3.8, 4) is 6.07 Å². The van der Waals surface area contributed by atoms with Crippen LogP contribution in [0, 0.1) is 17.2 Å².